The van der Waals surface area contributed by atoms with Crippen molar-refractivity contribution in [1.82, 2.24) is 9.88 Å². The maximum absolute atomic E-state index is 10.5. The lowest BCUT2D eigenvalue weighted by Gasteiger charge is -2.29. The molecule has 0 aromatic carbocycles. The number of carboxylic acids is 1. The third kappa shape index (κ3) is 3.96. The van der Waals surface area contributed by atoms with E-state index < -0.39 is 5.97 Å². The molecule has 1 atom stereocenters. The van der Waals surface area contributed by atoms with E-state index in [1.165, 1.54) is 19.4 Å². The van der Waals surface area contributed by atoms with Crippen LogP contribution >= 0.6 is 11.3 Å². The fourth-order valence-corrected chi connectivity index (χ4v) is 3.00. The number of rotatable bonds is 5. The Kier molecular flexibility index (Phi) is 4.54. The molecular formula is C12H19N3O2S. The first-order valence-corrected chi connectivity index (χ1v) is 7.13. The number of aliphatic carboxylic acids is 1. The lowest BCUT2D eigenvalue weighted by Crippen LogP contribution is -2.39. The van der Waals surface area contributed by atoms with Crippen LogP contribution in [-0.2, 0) is 11.2 Å². The molecule has 0 amide bonds. The molecule has 0 spiro atoms. The van der Waals surface area contributed by atoms with Gasteiger partial charge in [0.05, 0.1) is 12.1 Å². The first kappa shape index (κ1) is 13.3. The van der Waals surface area contributed by atoms with Crippen LogP contribution in [0.25, 0.3) is 0 Å². The summed E-state index contributed by atoms with van der Waals surface area (Å²) in [4.78, 5) is 17.2. The van der Waals surface area contributed by atoms with Crippen LogP contribution in [-0.4, -0.2) is 47.1 Å². The second kappa shape index (κ2) is 6.15. The number of hydrogen-bond acceptors (Lipinski definition) is 5. The van der Waals surface area contributed by atoms with Gasteiger partial charge in [-0.2, -0.15) is 0 Å². The number of hydrogen-bond donors (Lipinski definition) is 2. The van der Waals surface area contributed by atoms with E-state index in [-0.39, 0.29) is 6.42 Å². The van der Waals surface area contributed by atoms with Crippen molar-refractivity contribution >= 4 is 22.4 Å². The second-order valence-corrected chi connectivity index (χ2v) is 5.64. The van der Waals surface area contributed by atoms with Gasteiger partial charge in [-0.05, 0) is 26.4 Å². The van der Waals surface area contributed by atoms with Crippen molar-refractivity contribution in [2.75, 3.05) is 25.5 Å². The highest BCUT2D eigenvalue weighted by Gasteiger charge is 2.17. The third-order valence-corrected chi connectivity index (χ3v) is 3.92. The van der Waals surface area contributed by atoms with Crippen molar-refractivity contribution in [2.45, 2.75) is 31.7 Å². The van der Waals surface area contributed by atoms with Crippen LogP contribution in [0.3, 0.4) is 0 Å². The minimum Gasteiger partial charge on any atom is -0.481 e. The van der Waals surface area contributed by atoms with E-state index in [1.807, 2.05) is 5.38 Å². The Morgan fingerprint density at radius 2 is 2.56 bits per heavy atom. The van der Waals surface area contributed by atoms with Crippen LogP contribution in [0, 0.1) is 0 Å². The zero-order valence-corrected chi connectivity index (χ0v) is 11.4. The minimum atomic E-state index is -0.772. The van der Waals surface area contributed by atoms with Gasteiger partial charge in [0.25, 0.3) is 0 Å². The Balaban J connectivity index is 1.84. The molecule has 1 aliphatic heterocycles. The predicted molar refractivity (Wildman–Crippen MR) is 72.2 cm³/mol. The van der Waals surface area contributed by atoms with Gasteiger partial charge in [-0.15, -0.1) is 11.3 Å². The van der Waals surface area contributed by atoms with Gasteiger partial charge in [-0.1, -0.05) is 0 Å². The molecule has 18 heavy (non-hydrogen) atoms. The van der Waals surface area contributed by atoms with E-state index in [4.69, 9.17) is 5.11 Å². The van der Waals surface area contributed by atoms with Crippen molar-refractivity contribution in [3.63, 3.8) is 0 Å². The Labute approximate surface area is 111 Å². The normalized spacial score (nSPS) is 20.8. The smallest absolute Gasteiger partial charge is 0.303 e. The Morgan fingerprint density at radius 1 is 1.72 bits per heavy atom. The van der Waals surface area contributed by atoms with E-state index in [0.29, 0.717) is 12.5 Å². The molecule has 0 bridgehead atoms. The molecule has 1 aromatic rings. The standard InChI is InChI=1S/C12H19N3O2S/c1-15-6-2-3-9(7-15)13-12-14-10(8-18-12)4-5-11(16)17/h8-9H,2-7H2,1H3,(H,13,14)(H,16,17). The predicted octanol–water partition coefficient (Wildman–Crippen LogP) is 1.67. The number of anilines is 1. The summed E-state index contributed by atoms with van der Waals surface area (Å²) in [5.41, 5.74) is 0.870. The van der Waals surface area contributed by atoms with Crippen molar-refractivity contribution in [2.24, 2.45) is 0 Å². The van der Waals surface area contributed by atoms with Gasteiger partial charge in [0.1, 0.15) is 0 Å². The molecule has 2 heterocycles. The second-order valence-electron chi connectivity index (χ2n) is 4.78. The molecule has 0 aliphatic carbocycles. The molecule has 0 saturated carbocycles. The number of piperidine rings is 1. The van der Waals surface area contributed by atoms with Crippen molar-refractivity contribution in [3.05, 3.63) is 11.1 Å². The van der Waals surface area contributed by atoms with E-state index in [9.17, 15) is 4.79 Å². The molecule has 1 aliphatic rings. The van der Waals surface area contributed by atoms with Crippen molar-refractivity contribution in [1.29, 1.82) is 0 Å². The van der Waals surface area contributed by atoms with Gasteiger partial charge in [-0.25, -0.2) is 4.98 Å². The summed E-state index contributed by atoms with van der Waals surface area (Å²) < 4.78 is 0. The van der Waals surface area contributed by atoms with Crippen LogP contribution < -0.4 is 5.32 Å². The highest BCUT2D eigenvalue weighted by molar-refractivity contribution is 7.13. The fraction of sp³-hybridized carbons (Fsp3) is 0.667. The van der Waals surface area contributed by atoms with Crippen LogP contribution in [0.4, 0.5) is 5.13 Å². The van der Waals surface area contributed by atoms with E-state index >= 15 is 0 Å². The summed E-state index contributed by atoms with van der Waals surface area (Å²) in [6.07, 6.45) is 3.05. The number of carboxylic acid groups (broad SMARTS) is 1. The van der Waals surface area contributed by atoms with Crippen molar-refractivity contribution in [3.8, 4) is 0 Å². The molecule has 2 N–H and O–H groups in total. The lowest BCUT2D eigenvalue weighted by molar-refractivity contribution is -0.136. The maximum atomic E-state index is 10.5. The minimum absolute atomic E-state index is 0.148. The summed E-state index contributed by atoms with van der Waals surface area (Å²) in [6, 6.07) is 0.460. The van der Waals surface area contributed by atoms with Crippen LogP contribution in [0.15, 0.2) is 5.38 Å². The summed E-state index contributed by atoms with van der Waals surface area (Å²) in [5.74, 6) is -0.772. The first-order chi connectivity index (χ1) is 8.63. The topological polar surface area (TPSA) is 65.5 Å². The van der Waals surface area contributed by atoms with Crippen LogP contribution in [0.2, 0.25) is 0 Å². The Morgan fingerprint density at radius 3 is 3.28 bits per heavy atom. The van der Waals surface area contributed by atoms with Gasteiger partial charge in [0.15, 0.2) is 5.13 Å². The number of carbonyl (C=O) groups is 1. The average molecular weight is 269 g/mol. The number of aromatic nitrogens is 1. The largest absolute Gasteiger partial charge is 0.481 e. The highest BCUT2D eigenvalue weighted by Crippen LogP contribution is 2.20. The van der Waals surface area contributed by atoms with E-state index in [0.717, 1.165) is 17.4 Å². The first-order valence-electron chi connectivity index (χ1n) is 6.25. The molecule has 0 radical (unpaired) electrons. The molecule has 2 rings (SSSR count). The van der Waals surface area contributed by atoms with Gasteiger partial charge in [-0.3, -0.25) is 4.79 Å². The third-order valence-electron chi connectivity index (χ3n) is 3.10. The SMILES string of the molecule is CN1CCCC(Nc2nc(CCC(=O)O)cs2)C1. The zero-order chi connectivity index (χ0) is 13.0. The number of thiazole rings is 1. The average Bonchev–Trinajstić information content (AvgIpc) is 2.74. The van der Waals surface area contributed by atoms with Crippen LogP contribution in [0.1, 0.15) is 25.0 Å². The van der Waals surface area contributed by atoms with Crippen molar-refractivity contribution < 1.29 is 9.90 Å². The zero-order valence-electron chi connectivity index (χ0n) is 10.6. The van der Waals surface area contributed by atoms with Gasteiger partial charge >= 0.3 is 5.97 Å². The Bertz CT molecular complexity index is 408. The lowest BCUT2D eigenvalue weighted by atomic mass is 10.1. The quantitative estimate of drug-likeness (QED) is 0.851. The highest BCUT2D eigenvalue weighted by atomic mass is 32.1. The fourth-order valence-electron chi connectivity index (χ4n) is 2.18. The van der Waals surface area contributed by atoms with Crippen LogP contribution in [0.5, 0.6) is 0 Å². The molecule has 1 fully saturated rings. The number of likely N-dealkylation sites (N-methyl/N-ethyl adjacent to an activating group) is 1. The molecule has 6 heteroatoms. The summed E-state index contributed by atoms with van der Waals surface area (Å²) >= 11 is 1.56. The number of likely N-dealkylation sites (tertiary alicyclic amines) is 1. The number of aryl methyl sites for hydroxylation is 1. The molecule has 100 valence electrons. The molecule has 5 nitrogen and oxygen atoms in total. The van der Waals surface area contributed by atoms with Gasteiger partial charge < -0.3 is 15.3 Å². The molecular weight excluding hydrogens is 250 g/mol. The number of nitrogens with one attached hydrogen (secondary N) is 1. The Hall–Kier alpha value is -1.14. The number of nitrogens with zero attached hydrogens (tertiary/aromatic N) is 2. The molecule has 1 unspecified atom stereocenters. The molecule has 1 saturated heterocycles. The van der Waals surface area contributed by atoms with E-state index in [1.54, 1.807) is 11.3 Å². The summed E-state index contributed by atoms with van der Waals surface area (Å²) in [7, 11) is 2.13. The van der Waals surface area contributed by atoms with Gasteiger partial charge in [0, 0.05) is 24.4 Å². The van der Waals surface area contributed by atoms with E-state index in [2.05, 4.69) is 22.2 Å². The maximum Gasteiger partial charge on any atom is 0.303 e. The summed E-state index contributed by atoms with van der Waals surface area (Å²) in [5, 5.41) is 14.9. The molecule has 1 aromatic heterocycles. The summed E-state index contributed by atoms with van der Waals surface area (Å²) in [6.45, 7) is 2.21. The monoisotopic (exact) mass is 269 g/mol. The van der Waals surface area contributed by atoms with Gasteiger partial charge in [0.2, 0.25) is 0 Å².